The second kappa shape index (κ2) is 10.4. The highest BCUT2D eigenvalue weighted by atomic mass is 32.2. The van der Waals surface area contributed by atoms with Crippen molar-refractivity contribution in [3.05, 3.63) is 79.9 Å². The predicted octanol–water partition coefficient (Wildman–Crippen LogP) is 1.02. The third-order valence-corrected chi connectivity index (χ3v) is 7.06. The summed E-state index contributed by atoms with van der Waals surface area (Å²) < 4.78 is 26.5. The summed E-state index contributed by atoms with van der Waals surface area (Å²) in [4.78, 5) is 46.7. The van der Waals surface area contributed by atoms with Gasteiger partial charge in [0.2, 0.25) is 10.0 Å². The monoisotopic (exact) mass is 491 g/mol. The maximum Gasteiger partial charge on any atom is 0.270 e. The van der Waals surface area contributed by atoms with Crippen molar-refractivity contribution < 1.29 is 27.9 Å². The van der Waals surface area contributed by atoms with Crippen molar-refractivity contribution in [1.82, 2.24) is 14.5 Å². The van der Waals surface area contributed by atoms with Crippen molar-refractivity contribution in [3.63, 3.8) is 0 Å². The number of carbonyl (C=O) groups is 2. The van der Waals surface area contributed by atoms with Crippen LogP contribution in [0.15, 0.2) is 48.5 Å². The van der Waals surface area contributed by atoms with Crippen LogP contribution in [-0.4, -0.2) is 77.8 Å². The average Bonchev–Trinajstić information content (AvgIpc) is 2.83. The molecule has 0 aliphatic carbocycles. The van der Waals surface area contributed by atoms with E-state index in [1.807, 2.05) is 0 Å². The minimum Gasteiger partial charge on any atom is -0.351 e. The maximum absolute atomic E-state index is 12.6. The SMILES string of the molecule is O=C(NCCS(=O)(=O)N1CCN(C(=O)c2cccc([N+](=O)[O-])c2)CC1)c1cccc([N+](=O)[O-])c1. The molecule has 1 aliphatic heterocycles. The Hall–Kier alpha value is -3.91. The Labute approximate surface area is 194 Å². The molecule has 0 bridgehead atoms. The zero-order valence-electron chi connectivity index (χ0n) is 17.8. The number of carbonyl (C=O) groups excluding carboxylic acids is 2. The number of hydrogen-bond acceptors (Lipinski definition) is 8. The Bertz CT molecular complexity index is 1220. The summed E-state index contributed by atoms with van der Waals surface area (Å²) in [7, 11) is -3.73. The molecule has 0 radical (unpaired) electrons. The number of rotatable bonds is 8. The van der Waals surface area contributed by atoms with Crippen LogP contribution in [0.2, 0.25) is 0 Å². The van der Waals surface area contributed by atoms with E-state index in [-0.39, 0.29) is 61.0 Å². The van der Waals surface area contributed by atoms with Gasteiger partial charge in [0.15, 0.2) is 0 Å². The van der Waals surface area contributed by atoms with E-state index in [1.54, 1.807) is 0 Å². The Morgan fingerprint density at radius 2 is 1.41 bits per heavy atom. The van der Waals surface area contributed by atoms with E-state index < -0.39 is 31.7 Å². The quantitative estimate of drug-likeness (QED) is 0.421. The van der Waals surface area contributed by atoms with Crippen LogP contribution in [0.5, 0.6) is 0 Å². The molecule has 180 valence electrons. The molecule has 2 aromatic rings. The first-order valence-electron chi connectivity index (χ1n) is 10.1. The van der Waals surface area contributed by atoms with Gasteiger partial charge in [-0.25, -0.2) is 8.42 Å². The zero-order valence-corrected chi connectivity index (χ0v) is 18.6. The summed E-state index contributed by atoms with van der Waals surface area (Å²) in [5, 5.41) is 24.2. The molecule has 1 N–H and O–H groups in total. The number of nitro groups is 2. The molecule has 2 aromatic carbocycles. The van der Waals surface area contributed by atoms with Crippen LogP contribution in [-0.2, 0) is 10.0 Å². The van der Waals surface area contributed by atoms with Crippen LogP contribution in [0.4, 0.5) is 11.4 Å². The molecule has 0 aromatic heterocycles. The van der Waals surface area contributed by atoms with Crippen molar-refractivity contribution in [1.29, 1.82) is 0 Å². The van der Waals surface area contributed by atoms with E-state index in [1.165, 1.54) is 51.7 Å². The van der Waals surface area contributed by atoms with Crippen molar-refractivity contribution in [3.8, 4) is 0 Å². The van der Waals surface area contributed by atoms with E-state index in [0.717, 1.165) is 6.07 Å². The first kappa shape index (κ1) is 24.7. The lowest BCUT2D eigenvalue weighted by molar-refractivity contribution is -0.385. The Morgan fingerprint density at radius 3 is 1.97 bits per heavy atom. The second-order valence-corrected chi connectivity index (χ2v) is 9.47. The van der Waals surface area contributed by atoms with Gasteiger partial charge in [0.1, 0.15) is 0 Å². The highest BCUT2D eigenvalue weighted by Gasteiger charge is 2.29. The lowest BCUT2D eigenvalue weighted by Gasteiger charge is -2.34. The Morgan fingerprint density at radius 1 is 0.882 bits per heavy atom. The van der Waals surface area contributed by atoms with Gasteiger partial charge < -0.3 is 10.2 Å². The molecule has 3 rings (SSSR count). The molecule has 1 heterocycles. The standard InChI is InChI=1S/C20H21N5O8S/c26-19(15-3-1-5-17(13-15)24(28)29)21-7-12-34(32,33)23-10-8-22(9-11-23)20(27)16-4-2-6-18(14-16)25(30)31/h1-6,13-14H,7-12H2,(H,21,26). The molecule has 2 amide bonds. The number of sulfonamides is 1. The molecule has 0 spiro atoms. The lowest BCUT2D eigenvalue weighted by Crippen LogP contribution is -2.51. The number of amides is 2. The number of hydrogen-bond donors (Lipinski definition) is 1. The summed E-state index contributed by atoms with van der Waals surface area (Å²) >= 11 is 0. The molecular formula is C20H21N5O8S. The molecular weight excluding hydrogens is 470 g/mol. The molecule has 14 heteroatoms. The van der Waals surface area contributed by atoms with Gasteiger partial charge in [0, 0.05) is 68.1 Å². The van der Waals surface area contributed by atoms with Crippen LogP contribution >= 0.6 is 0 Å². The van der Waals surface area contributed by atoms with Crippen LogP contribution < -0.4 is 5.32 Å². The minimum atomic E-state index is -3.73. The normalized spacial score (nSPS) is 14.4. The average molecular weight is 491 g/mol. The fourth-order valence-corrected chi connectivity index (χ4v) is 4.73. The third kappa shape index (κ3) is 5.90. The largest absolute Gasteiger partial charge is 0.351 e. The molecule has 1 aliphatic rings. The first-order chi connectivity index (χ1) is 16.1. The number of non-ortho nitro benzene ring substituents is 2. The molecule has 1 saturated heterocycles. The van der Waals surface area contributed by atoms with Gasteiger partial charge in [-0.2, -0.15) is 4.31 Å². The summed E-state index contributed by atoms with van der Waals surface area (Å²) in [5.74, 6) is -1.44. The van der Waals surface area contributed by atoms with Crippen molar-refractivity contribution >= 4 is 33.2 Å². The van der Waals surface area contributed by atoms with E-state index in [4.69, 9.17) is 0 Å². The fraction of sp³-hybridized carbons (Fsp3) is 0.300. The summed E-state index contributed by atoms with van der Waals surface area (Å²) in [5.41, 5.74) is -0.272. The van der Waals surface area contributed by atoms with Crippen LogP contribution in [0.3, 0.4) is 0 Å². The fourth-order valence-electron chi connectivity index (χ4n) is 3.39. The number of benzene rings is 2. The molecule has 34 heavy (non-hydrogen) atoms. The number of nitro benzene ring substituents is 2. The smallest absolute Gasteiger partial charge is 0.270 e. The number of nitrogens with zero attached hydrogens (tertiary/aromatic N) is 4. The van der Waals surface area contributed by atoms with Gasteiger partial charge in [-0.3, -0.25) is 29.8 Å². The van der Waals surface area contributed by atoms with Gasteiger partial charge in [0.25, 0.3) is 23.2 Å². The van der Waals surface area contributed by atoms with E-state index >= 15 is 0 Å². The van der Waals surface area contributed by atoms with Crippen LogP contribution in [0, 0.1) is 20.2 Å². The molecule has 0 saturated carbocycles. The summed E-state index contributed by atoms with van der Waals surface area (Å²) in [6.07, 6.45) is 0. The van der Waals surface area contributed by atoms with Gasteiger partial charge in [-0.05, 0) is 12.1 Å². The van der Waals surface area contributed by atoms with E-state index in [2.05, 4.69) is 5.32 Å². The Balaban J connectivity index is 1.52. The summed E-state index contributed by atoms with van der Waals surface area (Å²) in [6.45, 7) is 0.113. The van der Waals surface area contributed by atoms with E-state index in [0.29, 0.717) is 0 Å². The van der Waals surface area contributed by atoms with Crippen LogP contribution in [0.25, 0.3) is 0 Å². The maximum atomic E-state index is 12.6. The lowest BCUT2D eigenvalue weighted by atomic mass is 10.1. The molecule has 0 unspecified atom stereocenters. The van der Waals surface area contributed by atoms with Gasteiger partial charge >= 0.3 is 0 Å². The zero-order chi connectivity index (χ0) is 24.9. The molecule has 1 fully saturated rings. The van der Waals surface area contributed by atoms with E-state index in [9.17, 15) is 38.2 Å². The topological polar surface area (TPSA) is 173 Å². The predicted molar refractivity (Wildman–Crippen MR) is 120 cm³/mol. The highest BCUT2D eigenvalue weighted by Crippen LogP contribution is 2.17. The first-order valence-corrected chi connectivity index (χ1v) is 11.7. The Kier molecular flexibility index (Phi) is 7.53. The summed E-state index contributed by atoms with van der Waals surface area (Å²) in [6, 6.07) is 10.4. The third-order valence-electron chi connectivity index (χ3n) is 5.19. The van der Waals surface area contributed by atoms with Gasteiger partial charge in [-0.15, -0.1) is 0 Å². The molecule has 13 nitrogen and oxygen atoms in total. The number of piperazine rings is 1. The van der Waals surface area contributed by atoms with Crippen molar-refractivity contribution in [2.75, 3.05) is 38.5 Å². The minimum absolute atomic E-state index is 0.0415. The van der Waals surface area contributed by atoms with Gasteiger partial charge in [0.05, 0.1) is 15.6 Å². The van der Waals surface area contributed by atoms with Crippen molar-refractivity contribution in [2.24, 2.45) is 0 Å². The van der Waals surface area contributed by atoms with Crippen LogP contribution in [0.1, 0.15) is 20.7 Å². The van der Waals surface area contributed by atoms with Crippen molar-refractivity contribution in [2.45, 2.75) is 0 Å². The highest BCUT2D eigenvalue weighted by molar-refractivity contribution is 7.89. The number of nitrogens with one attached hydrogen (secondary N) is 1. The second-order valence-electron chi connectivity index (χ2n) is 7.38. The molecule has 0 atom stereocenters. The van der Waals surface area contributed by atoms with Gasteiger partial charge in [-0.1, -0.05) is 12.1 Å².